The Bertz CT molecular complexity index is 752. The largest absolute Gasteiger partial charge is 0.489 e. The Kier molecular flexibility index (Phi) is 6.37. The molecule has 0 spiro atoms. The van der Waals surface area contributed by atoms with E-state index in [9.17, 15) is 13.2 Å². The standard InChI is InChI=1S/C18H20O5S/c1-2-18(19)23-24(20,21)13-12-15-8-10-17(11-9-15)22-14-16-6-4-3-5-7-16/h3-11H,2,12-14H2,1H3. The van der Waals surface area contributed by atoms with Gasteiger partial charge in [-0.1, -0.05) is 49.4 Å². The molecule has 0 heterocycles. The summed E-state index contributed by atoms with van der Waals surface area (Å²) < 4.78 is 33.4. The lowest BCUT2D eigenvalue weighted by Crippen LogP contribution is -2.16. The minimum absolute atomic E-state index is 0.0344. The molecule has 24 heavy (non-hydrogen) atoms. The Morgan fingerprint density at radius 1 is 0.958 bits per heavy atom. The first-order chi connectivity index (χ1) is 11.5. The predicted octanol–water partition coefficient (Wildman–Crippen LogP) is 3.09. The van der Waals surface area contributed by atoms with Crippen molar-refractivity contribution in [3.05, 3.63) is 65.7 Å². The summed E-state index contributed by atoms with van der Waals surface area (Å²) in [6.07, 6.45) is 0.310. The highest BCUT2D eigenvalue weighted by Crippen LogP contribution is 2.15. The Labute approximate surface area is 142 Å². The normalized spacial score (nSPS) is 11.0. The van der Waals surface area contributed by atoms with Crippen molar-refractivity contribution in [1.29, 1.82) is 0 Å². The fourth-order valence-electron chi connectivity index (χ4n) is 1.98. The van der Waals surface area contributed by atoms with E-state index in [-0.39, 0.29) is 18.6 Å². The second-order valence-electron chi connectivity index (χ2n) is 5.24. The van der Waals surface area contributed by atoms with E-state index in [2.05, 4.69) is 4.18 Å². The third kappa shape index (κ3) is 6.04. The van der Waals surface area contributed by atoms with Gasteiger partial charge in [-0.05, 0) is 29.7 Å². The molecule has 0 N–H and O–H groups in total. The molecular formula is C18H20O5S. The molecule has 0 saturated heterocycles. The van der Waals surface area contributed by atoms with E-state index in [0.29, 0.717) is 12.4 Å². The first kappa shape index (κ1) is 18.0. The number of benzene rings is 2. The molecule has 2 rings (SSSR count). The van der Waals surface area contributed by atoms with Crippen molar-refractivity contribution in [3.8, 4) is 5.75 Å². The first-order valence-electron chi connectivity index (χ1n) is 7.69. The zero-order chi connectivity index (χ0) is 17.4. The molecular weight excluding hydrogens is 328 g/mol. The Hall–Kier alpha value is -2.34. The summed E-state index contributed by atoms with van der Waals surface area (Å²) in [6.45, 7) is 2.02. The maximum Gasteiger partial charge on any atom is 0.321 e. The van der Waals surface area contributed by atoms with Gasteiger partial charge in [-0.15, -0.1) is 0 Å². The van der Waals surface area contributed by atoms with E-state index in [4.69, 9.17) is 4.74 Å². The summed E-state index contributed by atoms with van der Waals surface area (Å²) in [6, 6.07) is 17.0. The predicted molar refractivity (Wildman–Crippen MR) is 91.1 cm³/mol. The zero-order valence-electron chi connectivity index (χ0n) is 13.5. The van der Waals surface area contributed by atoms with E-state index in [0.717, 1.165) is 11.1 Å². The van der Waals surface area contributed by atoms with E-state index < -0.39 is 16.1 Å². The quantitative estimate of drug-likeness (QED) is 0.686. The van der Waals surface area contributed by atoms with Crippen LogP contribution in [0.4, 0.5) is 0 Å². The van der Waals surface area contributed by atoms with Crippen LogP contribution in [0.25, 0.3) is 0 Å². The van der Waals surface area contributed by atoms with Crippen molar-refractivity contribution in [3.63, 3.8) is 0 Å². The third-order valence-electron chi connectivity index (χ3n) is 3.32. The number of rotatable bonds is 8. The zero-order valence-corrected chi connectivity index (χ0v) is 14.3. The lowest BCUT2D eigenvalue weighted by atomic mass is 10.2. The van der Waals surface area contributed by atoms with Gasteiger partial charge in [0.2, 0.25) is 0 Å². The number of carbonyl (C=O) groups excluding carboxylic acids is 1. The van der Waals surface area contributed by atoms with Gasteiger partial charge in [-0.25, -0.2) is 0 Å². The van der Waals surface area contributed by atoms with Crippen molar-refractivity contribution in [1.82, 2.24) is 0 Å². The molecule has 0 aliphatic rings. The van der Waals surface area contributed by atoms with Crippen LogP contribution in [0.2, 0.25) is 0 Å². The van der Waals surface area contributed by atoms with E-state index in [1.54, 1.807) is 31.2 Å². The molecule has 0 aliphatic heterocycles. The average Bonchev–Trinajstić information content (AvgIpc) is 2.59. The van der Waals surface area contributed by atoms with Crippen LogP contribution in [0.1, 0.15) is 24.5 Å². The minimum atomic E-state index is -3.83. The number of hydrogen-bond acceptors (Lipinski definition) is 5. The van der Waals surface area contributed by atoms with E-state index >= 15 is 0 Å². The maximum atomic E-state index is 11.6. The van der Waals surface area contributed by atoms with Crippen LogP contribution in [-0.2, 0) is 32.1 Å². The molecule has 0 radical (unpaired) electrons. The second kappa shape index (κ2) is 8.49. The molecule has 6 heteroatoms. The lowest BCUT2D eigenvalue weighted by Gasteiger charge is -2.08. The summed E-state index contributed by atoms with van der Waals surface area (Å²) in [4.78, 5) is 11.1. The monoisotopic (exact) mass is 348 g/mol. The Balaban J connectivity index is 1.84. The van der Waals surface area contributed by atoms with E-state index in [1.807, 2.05) is 30.3 Å². The molecule has 0 unspecified atom stereocenters. The molecule has 128 valence electrons. The molecule has 0 fully saturated rings. The van der Waals surface area contributed by atoms with Crippen molar-refractivity contribution in [2.75, 3.05) is 5.75 Å². The highest BCUT2D eigenvalue weighted by Gasteiger charge is 2.15. The molecule has 0 aliphatic carbocycles. The van der Waals surface area contributed by atoms with Crippen LogP contribution < -0.4 is 4.74 Å². The van der Waals surface area contributed by atoms with Crippen molar-refractivity contribution >= 4 is 16.1 Å². The molecule has 5 nitrogen and oxygen atoms in total. The van der Waals surface area contributed by atoms with Gasteiger partial charge in [0, 0.05) is 6.42 Å². The number of aryl methyl sites for hydroxylation is 1. The third-order valence-corrected chi connectivity index (χ3v) is 4.46. The molecule has 0 atom stereocenters. The van der Waals surface area contributed by atoms with Gasteiger partial charge < -0.3 is 8.92 Å². The Morgan fingerprint density at radius 3 is 2.25 bits per heavy atom. The van der Waals surface area contributed by atoms with Gasteiger partial charge in [0.15, 0.2) is 0 Å². The summed E-state index contributed by atoms with van der Waals surface area (Å²) in [5.74, 6) is -0.259. The van der Waals surface area contributed by atoms with Gasteiger partial charge >= 0.3 is 16.1 Å². The number of ether oxygens (including phenoxy) is 1. The molecule has 0 amide bonds. The second-order valence-corrected chi connectivity index (χ2v) is 6.93. The van der Waals surface area contributed by atoms with Crippen LogP contribution in [0.3, 0.4) is 0 Å². The van der Waals surface area contributed by atoms with Crippen LogP contribution in [-0.4, -0.2) is 20.1 Å². The highest BCUT2D eigenvalue weighted by atomic mass is 32.2. The molecule has 0 bridgehead atoms. The SMILES string of the molecule is CCC(=O)OS(=O)(=O)CCc1ccc(OCc2ccccc2)cc1. The van der Waals surface area contributed by atoms with Gasteiger partial charge in [-0.2, -0.15) is 8.42 Å². The molecule has 2 aromatic carbocycles. The van der Waals surface area contributed by atoms with E-state index in [1.165, 1.54) is 0 Å². The summed E-state index contributed by atoms with van der Waals surface area (Å²) in [5.41, 5.74) is 1.91. The van der Waals surface area contributed by atoms with Crippen molar-refractivity contribution < 1.29 is 22.1 Å². The van der Waals surface area contributed by atoms with Gasteiger partial charge in [0.25, 0.3) is 0 Å². The first-order valence-corrected chi connectivity index (χ1v) is 9.27. The van der Waals surface area contributed by atoms with Gasteiger partial charge in [0.1, 0.15) is 12.4 Å². The topological polar surface area (TPSA) is 69.7 Å². The lowest BCUT2D eigenvalue weighted by molar-refractivity contribution is -0.133. The van der Waals surface area contributed by atoms with Crippen LogP contribution >= 0.6 is 0 Å². The van der Waals surface area contributed by atoms with Crippen molar-refractivity contribution in [2.45, 2.75) is 26.4 Å². The van der Waals surface area contributed by atoms with Gasteiger partial charge in [0.05, 0.1) is 5.75 Å². The minimum Gasteiger partial charge on any atom is -0.489 e. The summed E-state index contributed by atoms with van der Waals surface area (Å²) in [7, 11) is -3.83. The smallest absolute Gasteiger partial charge is 0.321 e. The molecule has 2 aromatic rings. The summed E-state index contributed by atoms with van der Waals surface area (Å²) >= 11 is 0. The highest BCUT2D eigenvalue weighted by molar-refractivity contribution is 7.87. The fourth-order valence-corrected chi connectivity index (χ4v) is 2.95. The van der Waals surface area contributed by atoms with Gasteiger partial charge in [-0.3, -0.25) is 4.79 Å². The average molecular weight is 348 g/mol. The van der Waals surface area contributed by atoms with Crippen LogP contribution in [0.15, 0.2) is 54.6 Å². The maximum absolute atomic E-state index is 11.6. The van der Waals surface area contributed by atoms with Crippen LogP contribution in [0.5, 0.6) is 5.75 Å². The van der Waals surface area contributed by atoms with Crippen LogP contribution in [0, 0.1) is 0 Å². The molecule has 0 aromatic heterocycles. The summed E-state index contributed by atoms with van der Waals surface area (Å²) in [5, 5.41) is 0. The molecule has 0 saturated carbocycles. The van der Waals surface area contributed by atoms with Crippen molar-refractivity contribution in [2.24, 2.45) is 0 Å². The number of carbonyl (C=O) groups is 1. The Morgan fingerprint density at radius 2 is 1.62 bits per heavy atom. The number of hydrogen-bond donors (Lipinski definition) is 0. The fraction of sp³-hybridized carbons (Fsp3) is 0.278.